The highest BCUT2D eigenvalue weighted by Gasteiger charge is 2.32. The van der Waals surface area contributed by atoms with Crippen molar-refractivity contribution in [3.05, 3.63) is 6.07 Å². The molecular weight excluding hydrogens is 267 g/mol. The minimum atomic E-state index is -4.84. The van der Waals surface area contributed by atoms with Crippen molar-refractivity contribution in [1.29, 1.82) is 0 Å². The number of rotatable bonds is 2. The van der Waals surface area contributed by atoms with Gasteiger partial charge in [-0.05, 0) is 20.8 Å². The lowest BCUT2D eigenvalue weighted by atomic mass is 10.2. The summed E-state index contributed by atoms with van der Waals surface area (Å²) < 4.78 is 45.6. The Hall–Kier alpha value is -1.93. The van der Waals surface area contributed by atoms with Crippen LogP contribution in [0.4, 0.5) is 23.8 Å². The third kappa shape index (κ3) is 5.49. The normalized spacial score (nSPS) is 12.2. The highest BCUT2D eigenvalue weighted by molar-refractivity contribution is 5.83. The van der Waals surface area contributed by atoms with Crippen LogP contribution in [0.3, 0.4) is 0 Å². The van der Waals surface area contributed by atoms with E-state index >= 15 is 0 Å². The summed E-state index contributed by atoms with van der Waals surface area (Å²) in [4.78, 5) is 11.4. The van der Waals surface area contributed by atoms with E-state index in [1.807, 2.05) is 0 Å². The van der Waals surface area contributed by atoms with Crippen LogP contribution >= 0.6 is 0 Å². The molecule has 6 nitrogen and oxygen atoms in total. The fourth-order valence-corrected chi connectivity index (χ4v) is 1.13. The van der Waals surface area contributed by atoms with E-state index < -0.39 is 23.9 Å². The topological polar surface area (TPSA) is 65.4 Å². The van der Waals surface area contributed by atoms with E-state index in [2.05, 4.69) is 15.2 Å². The van der Waals surface area contributed by atoms with E-state index in [1.165, 1.54) is 7.05 Å². The summed E-state index contributed by atoms with van der Waals surface area (Å²) in [5, 5.41) is 5.71. The van der Waals surface area contributed by atoms with Gasteiger partial charge in [-0.2, -0.15) is 0 Å². The van der Waals surface area contributed by atoms with Gasteiger partial charge in [0, 0.05) is 13.1 Å². The molecule has 1 rings (SSSR count). The second kappa shape index (κ2) is 4.98. The Morgan fingerprint density at radius 2 is 1.95 bits per heavy atom. The molecule has 1 amide bonds. The molecule has 1 heterocycles. The maximum Gasteiger partial charge on any atom is 0.574 e. The molecule has 1 aromatic rings. The van der Waals surface area contributed by atoms with Gasteiger partial charge in [-0.15, -0.1) is 18.3 Å². The smallest absolute Gasteiger partial charge is 0.444 e. The van der Waals surface area contributed by atoms with Crippen molar-refractivity contribution in [2.75, 3.05) is 5.32 Å². The first kappa shape index (κ1) is 15.1. The maximum atomic E-state index is 12.0. The van der Waals surface area contributed by atoms with Crippen molar-refractivity contribution >= 4 is 11.9 Å². The average molecular weight is 281 g/mol. The van der Waals surface area contributed by atoms with Crippen LogP contribution in [0.5, 0.6) is 5.88 Å². The number of alkyl halides is 3. The largest absolute Gasteiger partial charge is 0.574 e. The first-order valence-corrected chi connectivity index (χ1v) is 5.26. The molecule has 0 atom stereocenters. The minimum absolute atomic E-state index is 0.0218. The summed E-state index contributed by atoms with van der Waals surface area (Å²) in [6, 6.07) is 0.942. The van der Waals surface area contributed by atoms with Crippen LogP contribution in [0.15, 0.2) is 6.07 Å². The molecular formula is C10H14F3N3O3. The Morgan fingerprint density at radius 1 is 1.37 bits per heavy atom. The number of aryl methyl sites for hydroxylation is 1. The molecule has 0 bridgehead atoms. The predicted molar refractivity (Wildman–Crippen MR) is 59.7 cm³/mol. The van der Waals surface area contributed by atoms with E-state index in [0.29, 0.717) is 0 Å². The fourth-order valence-electron chi connectivity index (χ4n) is 1.13. The van der Waals surface area contributed by atoms with Crippen LogP contribution in [0.25, 0.3) is 0 Å². The van der Waals surface area contributed by atoms with Crippen molar-refractivity contribution in [2.24, 2.45) is 7.05 Å². The number of hydrogen-bond acceptors (Lipinski definition) is 4. The van der Waals surface area contributed by atoms with E-state index in [9.17, 15) is 18.0 Å². The Kier molecular flexibility index (Phi) is 3.97. The molecule has 0 spiro atoms. The van der Waals surface area contributed by atoms with E-state index in [0.717, 1.165) is 10.7 Å². The number of ether oxygens (including phenoxy) is 2. The minimum Gasteiger partial charge on any atom is -0.444 e. The number of hydrogen-bond donors (Lipinski definition) is 1. The number of amides is 1. The van der Waals surface area contributed by atoms with Crippen molar-refractivity contribution in [2.45, 2.75) is 32.7 Å². The summed E-state index contributed by atoms with van der Waals surface area (Å²) in [6.45, 7) is 4.98. The van der Waals surface area contributed by atoms with Crippen molar-refractivity contribution < 1.29 is 27.4 Å². The van der Waals surface area contributed by atoms with Gasteiger partial charge >= 0.3 is 12.5 Å². The molecule has 108 valence electrons. The molecule has 0 unspecified atom stereocenters. The van der Waals surface area contributed by atoms with E-state index in [4.69, 9.17) is 4.74 Å². The van der Waals surface area contributed by atoms with Crippen molar-refractivity contribution in [1.82, 2.24) is 9.78 Å². The molecule has 19 heavy (non-hydrogen) atoms. The second-order valence-corrected chi connectivity index (χ2v) is 4.67. The Labute approximate surface area is 107 Å². The Morgan fingerprint density at radius 3 is 2.42 bits per heavy atom. The first-order valence-electron chi connectivity index (χ1n) is 5.26. The van der Waals surface area contributed by atoms with Gasteiger partial charge in [0.2, 0.25) is 5.88 Å². The molecule has 0 aliphatic carbocycles. The van der Waals surface area contributed by atoms with Crippen LogP contribution in [0.1, 0.15) is 20.8 Å². The lowest BCUT2D eigenvalue weighted by Gasteiger charge is -2.19. The van der Waals surface area contributed by atoms with Gasteiger partial charge in [0.15, 0.2) is 0 Å². The molecule has 0 saturated heterocycles. The van der Waals surface area contributed by atoms with Gasteiger partial charge in [0.25, 0.3) is 0 Å². The zero-order chi connectivity index (χ0) is 14.8. The molecule has 1 N–H and O–H groups in total. The van der Waals surface area contributed by atoms with E-state index in [-0.39, 0.29) is 5.82 Å². The lowest BCUT2D eigenvalue weighted by molar-refractivity contribution is -0.276. The van der Waals surface area contributed by atoms with Gasteiger partial charge in [-0.25, -0.2) is 9.48 Å². The molecule has 0 aliphatic heterocycles. The highest BCUT2D eigenvalue weighted by atomic mass is 19.4. The zero-order valence-electron chi connectivity index (χ0n) is 10.8. The van der Waals surface area contributed by atoms with Crippen LogP contribution in [-0.4, -0.2) is 27.8 Å². The first-order chi connectivity index (χ1) is 8.46. The van der Waals surface area contributed by atoms with Gasteiger partial charge in [-0.1, -0.05) is 0 Å². The van der Waals surface area contributed by atoms with E-state index in [1.54, 1.807) is 20.8 Å². The second-order valence-electron chi connectivity index (χ2n) is 4.67. The third-order valence-corrected chi connectivity index (χ3v) is 1.71. The van der Waals surface area contributed by atoms with Crippen molar-refractivity contribution in [3.63, 3.8) is 0 Å². The van der Waals surface area contributed by atoms with Gasteiger partial charge < -0.3 is 9.47 Å². The SMILES string of the molecule is Cn1nc(OC(F)(F)F)cc1NC(=O)OC(C)(C)C. The highest BCUT2D eigenvalue weighted by Crippen LogP contribution is 2.24. The molecule has 1 aromatic heterocycles. The predicted octanol–water partition coefficient (Wildman–Crippen LogP) is 2.67. The maximum absolute atomic E-state index is 12.0. The third-order valence-electron chi connectivity index (χ3n) is 1.71. The van der Waals surface area contributed by atoms with Crippen LogP contribution in [0.2, 0.25) is 0 Å². The summed E-state index contributed by atoms with van der Waals surface area (Å²) >= 11 is 0. The summed E-state index contributed by atoms with van der Waals surface area (Å²) in [5.74, 6) is -0.644. The number of aromatic nitrogens is 2. The monoisotopic (exact) mass is 281 g/mol. The Bertz CT molecular complexity index is 463. The molecule has 0 fully saturated rings. The summed E-state index contributed by atoms with van der Waals surface area (Å²) in [5.41, 5.74) is -0.714. The van der Waals surface area contributed by atoms with Gasteiger partial charge in [0.1, 0.15) is 11.4 Å². The van der Waals surface area contributed by atoms with Crippen molar-refractivity contribution in [3.8, 4) is 5.88 Å². The average Bonchev–Trinajstić information content (AvgIpc) is 2.39. The Balaban J connectivity index is 2.72. The van der Waals surface area contributed by atoms with Crippen LogP contribution in [0, 0.1) is 0 Å². The number of anilines is 1. The number of carbonyl (C=O) groups is 1. The standard InChI is InChI=1S/C10H14F3N3O3/c1-9(2,3)19-8(17)14-6-5-7(15-16(6)4)18-10(11,12)13/h5H,1-4H3,(H,14,17). The van der Waals surface area contributed by atoms with Crippen LogP contribution < -0.4 is 10.1 Å². The summed E-state index contributed by atoms with van der Waals surface area (Å²) in [7, 11) is 1.36. The molecule has 0 aliphatic rings. The quantitative estimate of drug-likeness (QED) is 0.905. The number of carbonyl (C=O) groups excluding carboxylic acids is 1. The number of nitrogens with one attached hydrogen (secondary N) is 1. The van der Waals surface area contributed by atoms with Crippen LogP contribution in [-0.2, 0) is 11.8 Å². The number of halogens is 3. The van der Waals surface area contributed by atoms with Gasteiger partial charge in [-0.3, -0.25) is 5.32 Å². The lowest BCUT2D eigenvalue weighted by Crippen LogP contribution is -2.27. The van der Waals surface area contributed by atoms with Gasteiger partial charge in [0.05, 0.1) is 0 Å². The fraction of sp³-hybridized carbons (Fsp3) is 0.600. The molecule has 9 heteroatoms. The summed E-state index contributed by atoms with van der Waals surface area (Å²) in [6.07, 6.45) is -5.63. The zero-order valence-corrected chi connectivity index (χ0v) is 10.8. The molecule has 0 saturated carbocycles. The molecule has 0 aromatic carbocycles. The molecule has 0 radical (unpaired) electrons. The number of nitrogens with zero attached hydrogens (tertiary/aromatic N) is 2.